The molecule has 0 fully saturated rings. The molecule has 4 N–H and O–H groups in total. The maximum Gasteiger partial charge on any atom is 0.329 e. The van der Waals surface area contributed by atoms with Crippen molar-refractivity contribution in [2.75, 3.05) is 32.8 Å². The van der Waals surface area contributed by atoms with Crippen molar-refractivity contribution in [1.29, 1.82) is 0 Å². The fourth-order valence-electron chi connectivity index (χ4n) is 1.03. The molecule has 0 aliphatic heterocycles. The molecular weight excluding hydrogens is 242 g/mol. The smallest absolute Gasteiger partial charge is 0.329 e. The van der Waals surface area contributed by atoms with Crippen molar-refractivity contribution in [2.45, 2.75) is 13.3 Å². The fourth-order valence-corrected chi connectivity index (χ4v) is 1.03. The van der Waals surface area contributed by atoms with Gasteiger partial charge in [-0.15, -0.1) is 0 Å². The minimum Gasteiger partial charge on any atom is -0.480 e. The third kappa shape index (κ3) is 10.7. The highest BCUT2D eigenvalue weighted by atomic mass is 16.5. The first kappa shape index (κ1) is 16.2. The Morgan fingerprint density at radius 2 is 1.78 bits per heavy atom. The predicted molar refractivity (Wildman–Crippen MR) is 63.2 cm³/mol. The molecule has 0 heterocycles. The number of carboxylic acid groups (broad SMARTS) is 1. The van der Waals surface area contributed by atoms with Crippen LogP contribution >= 0.6 is 0 Å². The minimum atomic E-state index is -1.05. The van der Waals surface area contributed by atoms with E-state index >= 15 is 0 Å². The number of hydrogen-bond acceptors (Lipinski definition) is 4. The average molecular weight is 261 g/mol. The summed E-state index contributed by atoms with van der Waals surface area (Å²) in [4.78, 5) is 32.3. The van der Waals surface area contributed by atoms with E-state index in [0.29, 0.717) is 6.54 Å². The van der Waals surface area contributed by atoms with Crippen molar-refractivity contribution in [3.63, 3.8) is 0 Å². The van der Waals surface area contributed by atoms with Crippen LogP contribution in [0.5, 0.6) is 0 Å². The standard InChI is InChI=1S/C10H19N3O5/c1-2-11-8(14)3-4-12-10(17)13-5-6-18-7-9(15)16/h2-7H2,1H3,(H,11,14)(H,15,16)(H2,12,13,17). The Labute approximate surface area is 105 Å². The van der Waals surface area contributed by atoms with Crippen LogP contribution in [0, 0.1) is 0 Å². The van der Waals surface area contributed by atoms with Crippen LogP contribution in [0.1, 0.15) is 13.3 Å². The Kier molecular flexibility index (Phi) is 9.28. The molecular formula is C10H19N3O5. The van der Waals surface area contributed by atoms with E-state index in [1.165, 1.54) is 0 Å². The van der Waals surface area contributed by atoms with E-state index in [0.717, 1.165) is 0 Å². The number of urea groups is 1. The Hall–Kier alpha value is -1.83. The zero-order valence-electron chi connectivity index (χ0n) is 10.3. The lowest BCUT2D eigenvalue weighted by Crippen LogP contribution is -2.39. The third-order valence-electron chi connectivity index (χ3n) is 1.77. The number of carbonyl (C=O) groups is 3. The Morgan fingerprint density at radius 3 is 2.39 bits per heavy atom. The van der Waals surface area contributed by atoms with Crippen LogP contribution in [-0.2, 0) is 14.3 Å². The minimum absolute atomic E-state index is 0.121. The quantitative estimate of drug-likeness (QED) is 0.394. The van der Waals surface area contributed by atoms with E-state index in [4.69, 9.17) is 9.84 Å². The van der Waals surface area contributed by atoms with Gasteiger partial charge < -0.3 is 25.8 Å². The number of rotatable bonds is 9. The first-order valence-corrected chi connectivity index (χ1v) is 5.64. The van der Waals surface area contributed by atoms with Crippen LogP contribution in [0.3, 0.4) is 0 Å². The van der Waals surface area contributed by atoms with Crippen molar-refractivity contribution in [2.24, 2.45) is 0 Å². The molecule has 3 amide bonds. The molecule has 0 bridgehead atoms. The fraction of sp³-hybridized carbons (Fsp3) is 0.700. The van der Waals surface area contributed by atoms with Gasteiger partial charge in [0.15, 0.2) is 0 Å². The number of aliphatic carboxylic acids is 1. The summed E-state index contributed by atoms with van der Waals surface area (Å²) in [5.41, 5.74) is 0. The van der Waals surface area contributed by atoms with Gasteiger partial charge in [0.25, 0.3) is 0 Å². The lowest BCUT2D eigenvalue weighted by Gasteiger charge is -2.07. The number of carboxylic acids is 1. The Balaban J connectivity index is 3.37. The second kappa shape index (κ2) is 10.3. The van der Waals surface area contributed by atoms with Gasteiger partial charge in [-0.25, -0.2) is 9.59 Å². The van der Waals surface area contributed by atoms with Gasteiger partial charge in [-0.3, -0.25) is 4.79 Å². The third-order valence-corrected chi connectivity index (χ3v) is 1.77. The largest absolute Gasteiger partial charge is 0.480 e. The molecule has 0 atom stereocenters. The number of amides is 3. The molecule has 104 valence electrons. The van der Waals surface area contributed by atoms with E-state index in [2.05, 4.69) is 16.0 Å². The molecule has 0 aromatic carbocycles. The van der Waals surface area contributed by atoms with Crippen molar-refractivity contribution in [3.05, 3.63) is 0 Å². The molecule has 0 radical (unpaired) electrons. The van der Waals surface area contributed by atoms with Gasteiger partial charge in [-0.1, -0.05) is 0 Å². The normalized spacial score (nSPS) is 9.61. The number of hydrogen-bond donors (Lipinski definition) is 4. The van der Waals surface area contributed by atoms with Crippen LogP contribution in [-0.4, -0.2) is 55.9 Å². The van der Waals surface area contributed by atoms with E-state index in [9.17, 15) is 14.4 Å². The molecule has 18 heavy (non-hydrogen) atoms. The molecule has 0 unspecified atom stereocenters. The van der Waals surface area contributed by atoms with Crippen LogP contribution < -0.4 is 16.0 Å². The van der Waals surface area contributed by atoms with Crippen molar-refractivity contribution in [1.82, 2.24) is 16.0 Å². The highest BCUT2D eigenvalue weighted by Gasteiger charge is 2.02. The maximum absolute atomic E-state index is 11.2. The second-order valence-electron chi connectivity index (χ2n) is 3.33. The monoisotopic (exact) mass is 261 g/mol. The SMILES string of the molecule is CCNC(=O)CCNC(=O)NCCOCC(=O)O. The Bertz CT molecular complexity index is 283. The molecule has 0 aliphatic carbocycles. The molecule has 0 spiro atoms. The van der Waals surface area contributed by atoms with Crippen LogP contribution in [0.4, 0.5) is 4.79 Å². The number of nitrogens with one attached hydrogen (secondary N) is 3. The van der Waals surface area contributed by atoms with Gasteiger partial charge in [0.2, 0.25) is 5.91 Å². The summed E-state index contributed by atoms with van der Waals surface area (Å²) in [7, 11) is 0. The van der Waals surface area contributed by atoms with Crippen LogP contribution in [0.2, 0.25) is 0 Å². The van der Waals surface area contributed by atoms with Gasteiger partial charge in [0, 0.05) is 26.1 Å². The summed E-state index contributed by atoms with van der Waals surface area (Å²) in [5.74, 6) is -1.18. The van der Waals surface area contributed by atoms with Crippen molar-refractivity contribution >= 4 is 17.9 Å². The van der Waals surface area contributed by atoms with E-state index < -0.39 is 12.0 Å². The number of ether oxygens (including phenoxy) is 1. The van der Waals surface area contributed by atoms with E-state index in [-0.39, 0.29) is 38.6 Å². The molecule has 0 rings (SSSR count). The highest BCUT2D eigenvalue weighted by molar-refractivity contribution is 5.78. The lowest BCUT2D eigenvalue weighted by atomic mass is 10.4. The summed E-state index contributed by atoms with van der Waals surface area (Å²) < 4.78 is 4.71. The summed E-state index contributed by atoms with van der Waals surface area (Å²) in [6.07, 6.45) is 0.219. The van der Waals surface area contributed by atoms with Gasteiger partial charge in [0.1, 0.15) is 6.61 Å². The molecule has 8 nitrogen and oxygen atoms in total. The van der Waals surface area contributed by atoms with Crippen LogP contribution in [0.25, 0.3) is 0 Å². The zero-order chi connectivity index (χ0) is 13.8. The second-order valence-corrected chi connectivity index (χ2v) is 3.33. The van der Waals surface area contributed by atoms with Gasteiger partial charge >= 0.3 is 12.0 Å². The summed E-state index contributed by atoms with van der Waals surface area (Å²) in [6.45, 7) is 2.56. The molecule has 0 aliphatic rings. The lowest BCUT2D eigenvalue weighted by molar-refractivity contribution is -0.142. The van der Waals surface area contributed by atoms with Crippen molar-refractivity contribution < 1.29 is 24.2 Å². The first-order valence-electron chi connectivity index (χ1n) is 5.64. The van der Waals surface area contributed by atoms with Crippen molar-refractivity contribution in [3.8, 4) is 0 Å². The predicted octanol–water partition coefficient (Wildman–Crippen LogP) is -1.09. The van der Waals surface area contributed by atoms with Gasteiger partial charge in [0.05, 0.1) is 6.61 Å². The molecule has 8 heteroatoms. The first-order chi connectivity index (χ1) is 8.56. The van der Waals surface area contributed by atoms with Gasteiger partial charge in [-0.05, 0) is 6.92 Å². The molecule has 0 saturated heterocycles. The molecule has 0 aromatic heterocycles. The average Bonchev–Trinajstić information content (AvgIpc) is 2.28. The summed E-state index contributed by atoms with van der Waals surface area (Å²) >= 11 is 0. The summed E-state index contributed by atoms with van der Waals surface area (Å²) in [6, 6.07) is -0.418. The topological polar surface area (TPSA) is 117 Å². The Morgan fingerprint density at radius 1 is 1.11 bits per heavy atom. The number of carbonyl (C=O) groups excluding carboxylic acids is 2. The van der Waals surface area contributed by atoms with E-state index in [1.54, 1.807) is 0 Å². The summed E-state index contributed by atoms with van der Waals surface area (Å²) in [5, 5.41) is 15.8. The maximum atomic E-state index is 11.2. The zero-order valence-corrected chi connectivity index (χ0v) is 10.3. The van der Waals surface area contributed by atoms with Gasteiger partial charge in [-0.2, -0.15) is 0 Å². The molecule has 0 aromatic rings. The highest BCUT2D eigenvalue weighted by Crippen LogP contribution is 1.78. The van der Waals surface area contributed by atoms with E-state index in [1.807, 2.05) is 6.92 Å². The molecule has 0 saturated carbocycles. The van der Waals surface area contributed by atoms with Crippen LogP contribution in [0.15, 0.2) is 0 Å².